The Bertz CT molecular complexity index is 640. The predicted molar refractivity (Wildman–Crippen MR) is 61.7 cm³/mol. The van der Waals surface area contributed by atoms with Gasteiger partial charge in [0, 0.05) is 5.56 Å². The second-order valence-corrected chi connectivity index (χ2v) is 5.10. The molecule has 1 heterocycles. The summed E-state index contributed by atoms with van der Waals surface area (Å²) in [5.74, 6) is -0.760. The number of aromatic nitrogens is 2. The minimum Gasteiger partial charge on any atom is -0.392 e. The third-order valence-electron chi connectivity index (χ3n) is 2.27. The van der Waals surface area contributed by atoms with Crippen LogP contribution in [-0.2, 0) is 16.6 Å². The first-order valence-electron chi connectivity index (χ1n) is 4.94. The molecule has 2 aromatic rings. The molecule has 18 heavy (non-hydrogen) atoms. The number of aliphatic hydroxyl groups excluding tert-OH is 1. The number of imidazole rings is 1. The monoisotopic (exact) mass is 271 g/mol. The minimum absolute atomic E-state index is 0.151. The van der Waals surface area contributed by atoms with Gasteiger partial charge < -0.3 is 10.1 Å². The molecule has 2 rings (SSSR count). The van der Waals surface area contributed by atoms with Crippen LogP contribution in [0.15, 0.2) is 35.7 Å². The van der Waals surface area contributed by atoms with E-state index in [1.807, 2.05) is 0 Å². The first-order chi connectivity index (χ1) is 8.54. The van der Waals surface area contributed by atoms with Gasteiger partial charge in [0.25, 0.3) is 10.0 Å². The van der Waals surface area contributed by atoms with Gasteiger partial charge in [-0.05, 0) is 6.07 Å². The van der Waals surface area contributed by atoms with Crippen molar-refractivity contribution >= 4 is 15.7 Å². The number of nitrogens with zero attached hydrogens (tertiary/aromatic N) is 1. The zero-order valence-corrected chi connectivity index (χ0v) is 9.91. The Hall–Kier alpha value is -1.93. The van der Waals surface area contributed by atoms with Crippen molar-refractivity contribution in [2.75, 3.05) is 4.72 Å². The Morgan fingerprint density at radius 1 is 1.44 bits per heavy atom. The van der Waals surface area contributed by atoms with Gasteiger partial charge in [-0.2, -0.15) is 8.42 Å². The Kier molecular flexibility index (Phi) is 3.30. The molecule has 8 heteroatoms. The number of aromatic amines is 1. The highest BCUT2D eigenvalue weighted by Gasteiger charge is 2.19. The highest BCUT2D eigenvalue weighted by molar-refractivity contribution is 7.92. The number of hydrogen-bond acceptors (Lipinski definition) is 4. The number of hydrogen-bond donors (Lipinski definition) is 3. The van der Waals surface area contributed by atoms with E-state index in [1.54, 1.807) is 0 Å². The standard InChI is InChI=1S/C10H10FN3O3S/c11-8-3-1-2-7(5-15)10(8)14-18(16,17)9-4-12-6-13-9/h1-4,6,14-15H,5H2,(H,12,13). The Morgan fingerprint density at radius 2 is 2.22 bits per heavy atom. The van der Waals surface area contributed by atoms with Crippen LogP contribution in [0.5, 0.6) is 0 Å². The number of sulfonamides is 1. The maximum Gasteiger partial charge on any atom is 0.279 e. The molecule has 0 aliphatic heterocycles. The normalized spacial score (nSPS) is 11.4. The van der Waals surface area contributed by atoms with E-state index in [0.29, 0.717) is 0 Å². The average molecular weight is 271 g/mol. The van der Waals surface area contributed by atoms with E-state index in [0.717, 1.165) is 12.3 Å². The smallest absolute Gasteiger partial charge is 0.279 e. The van der Waals surface area contributed by atoms with Crippen molar-refractivity contribution in [3.05, 3.63) is 42.1 Å². The number of H-pyrrole nitrogens is 1. The molecule has 0 spiro atoms. The van der Waals surface area contributed by atoms with E-state index in [-0.39, 0.29) is 16.3 Å². The van der Waals surface area contributed by atoms with Crippen molar-refractivity contribution in [3.8, 4) is 0 Å². The van der Waals surface area contributed by atoms with Crippen molar-refractivity contribution in [2.24, 2.45) is 0 Å². The quantitative estimate of drug-likeness (QED) is 0.768. The maximum absolute atomic E-state index is 13.5. The molecule has 1 aromatic carbocycles. The summed E-state index contributed by atoms with van der Waals surface area (Å²) in [6, 6.07) is 3.91. The molecule has 0 bridgehead atoms. The third-order valence-corrected chi connectivity index (χ3v) is 3.54. The van der Waals surface area contributed by atoms with Gasteiger partial charge in [0.05, 0.1) is 24.8 Å². The first kappa shape index (κ1) is 12.5. The molecule has 0 amide bonds. The maximum atomic E-state index is 13.5. The van der Waals surface area contributed by atoms with Crippen LogP contribution in [0.25, 0.3) is 0 Å². The van der Waals surface area contributed by atoms with Gasteiger partial charge in [0.1, 0.15) is 5.82 Å². The van der Waals surface area contributed by atoms with Crippen LogP contribution >= 0.6 is 0 Å². The van der Waals surface area contributed by atoms with Gasteiger partial charge in [0.2, 0.25) is 0 Å². The van der Waals surface area contributed by atoms with Gasteiger partial charge in [-0.3, -0.25) is 4.72 Å². The molecule has 1 aromatic heterocycles. The fraction of sp³-hybridized carbons (Fsp3) is 0.100. The number of aliphatic hydroxyl groups is 1. The number of rotatable bonds is 4. The van der Waals surface area contributed by atoms with Crippen molar-refractivity contribution in [1.82, 2.24) is 9.97 Å². The van der Waals surface area contributed by atoms with E-state index in [9.17, 15) is 12.8 Å². The van der Waals surface area contributed by atoms with Crippen molar-refractivity contribution < 1.29 is 17.9 Å². The summed E-state index contributed by atoms with van der Waals surface area (Å²) < 4.78 is 39.3. The topological polar surface area (TPSA) is 95.1 Å². The molecule has 0 saturated carbocycles. The van der Waals surface area contributed by atoms with E-state index in [4.69, 9.17) is 5.11 Å². The summed E-state index contributed by atoms with van der Waals surface area (Å²) in [5.41, 5.74) is -0.118. The second kappa shape index (κ2) is 4.75. The zero-order chi connectivity index (χ0) is 13.2. The molecule has 96 valence electrons. The number of halogens is 1. The molecular formula is C10H10FN3O3S. The van der Waals surface area contributed by atoms with E-state index in [1.165, 1.54) is 18.5 Å². The second-order valence-electron chi connectivity index (χ2n) is 3.45. The Balaban J connectivity index is 2.41. The SMILES string of the molecule is O=S(=O)(Nc1c(F)cccc1CO)c1cnc[nH]1. The van der Waals surface area contributed by atoms with E-state index in [2.05, 4.69) is 14.7 Å². The average Bonchev–Trinajstić information content (AvgIpc) is 2.86. The minimum atomic E-state index is -3.94. The summed E-state index contributed by atoms with van der Waals surface area (Å²) in [5, 5.41) is 8.86. The fourth-order valence-corrected chi connectivity index (χ4v) is 2.41. The summed E-state index contributed by atoms with van der Waals surface area (Å²) in [7, 11) is -3.94. The molecule has 0 atom stereocenters. The van der Waals surface area contributed by atoms with Crippen LogP contribution in [-0.4, -0.2) is 23.5 Å². The number of benzene rings is 1. The molecule has 0 saturated heterocycles. The highest BCUT2D eigenvalue weighted by atomic mass is 32.2. The summed E-state index contributed by atoms with van der Waals surface area (Å²) in [4.78, 5) is 5.99. The summed E-state index contributed by atoms with van der Waals surface area (Å²) in [6.45, 7) is -0.474. The van der Waals surface area contributed by atoms with Crippen molar-refractivity contribution in [3.63, 3.8) is 0 Å². The van der Waals surface area contributed by atoms with Crippen LogP contribution < -0.4 is 4.72 Å². The summed E-state index contributed by atoms with van der Waals surface area (Å²) >= 11 is 0. The molecule has 3 N–H and O–H groups in total. The van der Waals surface area contributed by atoms with Crippen LogP contribution in [0.1, 0.15) is 5.56 Å². The molecule has 0 radical (unpaired) electrons. The third kappa shape index (κ3) is 2.34. The fourth-order valence-electron chi connectivity index (χ4n) is 1.39. The number of nitrogens with one attached hydrogen (secondary N) is 2. The predicted octanol–water partition coefficient (Wildman–Crippen LogP) is 0.842. The molecule has 0 aliphatic rings. The first-order valence-corrected chi connectivity index (χ1v) is 6.42. The van der Waals surface area contributed by atoms with Crippen molar-refractivity contribution in [1.29, 1.82) is 0 Å². The largest absolute Gasteiger partial charge is 0.392 e. The molecular weight excluding hydrogens is 261 g/mol. The lowest BCUT2D eigenvalue weighted by Gasteiger charge is -2.10. The molecule has 0 unspecified atom stereocenters. The summed E-state index contributed by atoms with van der Waals surface area (Å²) in [6.07, 6.45) is 2.30. The van der Waals surface area contributed by atoms with Crippen LogP contribution in [0.3, 0.4) is 0 Å². The lowest BCUT2D eigenvalue weighted by Crippen LogP contribution is -2.15. The Morgan fingerprint density at radius 3 is 2.83 bits per heavy atom. The number of para-hydroxylation sites is 1. The van der Waals surface area contributed by atoms with E-state index < -0.39 is 22.4 Å². The van der Waals surface area contributed by atoms with E-state index >= 15 is 0 Å². The molecule has 0 aliphatic carbocycles. The van der Waals surface area contributed by atoms with Gasteiger partial charge in [-0.1, -0.05) is 12.1 Å². The van der Waals surface area contributed by atoms with Crippen LogP contribution in [0.4, 0.5) is 10.1 Å². The molecule has 6 nitrogen and oxygen atoms in total. The lowest BCUT2D eigenvalue weighted by molar-refractivity contribution is 0.282. The molecule has 0 fully saturated rings. The van der Waals surface area contributed by atoms with Gasteiger partial charge >= 0.3 is 0 Å². The van der Waals surface area contributed by atoms with Gasteiger partial charge in [-0.15, -0.1) is 0 Å². The van der Waals surface area contributed by atoms with Crippen LogP contribution in [0.2, 0.25) is 0 Å². The highest BCUT2D eigenvalue weighted by Crippen LogP contribution is 2.22. The Labute approximate surface area is 103 Å². The van der Waals surface area contributed by atoms with Crippen LogP contribution in [0, 0.1) is 5.82 Å². The lowest BCUT2D eigenvalue weighted by atomic mass is 10.2. The number of anilines is 1. The zero-order valence-electron chi connectivity index (χ0n) is 9.09. The van der Waals surface area contributed by atoms with Crippen molar-refractivity contribution in [2.45, 2.75) is 11.6 Å². The van der Waals surface area contributed by atoms with Gasteiger partial charge in [0.15, 0.2) is 5.03 Å². The van der Waals surface area contributed by atoms with Gasteiger partial charge in [-0.25, -0.2) is 9.37 Å².